The SMILES string of the molecule is CCn1nnnc1SCC(=O)Nc1cccc(C)c1. The van der Waals surface area contributed by atoms with Crippen molar-refractivity contribution in [2.24, 2.45) is 0 Å². The van der Waals surface area contributed by atoms with E-state index in [1.54, 1.807) is 4.68 Å². The molecular formula is C12H15N5OS. The Morgan fingerprint density at radius 1 is 1.47 bits per heavy atom. The van der Waals surface area contributed by atoms with Gasteiger partial charge in [0.25, 0.3) is 0 Å². The minimum absolute atomic E-state index is 0.0683. The molecule has 0 unspecified atom stereocenters. The predicted octanol–water partition coefficient (Wildman–Crippen LogP) is 1.73. The van der Waals surface area contributed by atoms with Gasteiger partial charge in [0, 0.05) is 12.2 Å². The maximum absolute atomic E-state index is 11.8. The third-order valence-electron chi connectivity index (χ3n) is 2.43. The van der Waals surface area contributed by atoms with Crippen LogP contribution in [0.15, 0.2) is 29.4 Å². The second-order valence-corrected chi connectivity index (χ2v) is 4.93. The maximum atomic E-state index is 11.8. The molecule has 6 nitrogen and oxygen atoms in total. The van der Waals surface area contributed by atoms with E-state index >= 15 is 0 Å². The standard InChI is InChI=1S/C12H15N5OS/c1-3-17-12(14-15-16-17)19-8-11(18)13-10-6-4-5-9(2)7-10/h4-7H,3,8H2,1-2H3,(H,13,18). The number of hydrogen-bond acceptors (Lipinski definition) is 5. The number of carbonyl (C=O) groups is 1. The monoisotopic (exact) mass is 277 g/mol. The van der Waals surface area contributed by atoms with E-state index in [4.69, 9.17) is 0 Å². The molecule has 1 aromatic carbocycles. The molecule has 2 rings (SSSR count). The number of aryl methyl sites for hydroxylation is 2. The summed E-state index contributed by atoms with van der Waals surface area (Å²) in [5, 5.41) is 14.8. The van der Waals surface area contributed by atoms with Crippen LogP contribution in [-0.4, -0.2) is 31.9 Å². The van der Waals surface area contributed by atoms with Gasteiger partial charge in [-0.1, -0.05) is 23.9 Å². The van der Waals surface area contributed by atoms with Crippen molar-refractivity contribution < 1.29 is 4.79 Å². The summed E-state index contributed by atoms with van der Waals surface area (Å²) in [5.41, 5.74) is 1.92. The van der Waals surface area contributed by atoms with Gasteiger partial charge in [0.1, 0.15) is 0 Å². The van der Waals surface area contributed by atoms with Crippen LogP contribution in [0.3, 0.4) is 0 Å². The van der Waals surface area contributed by atoms with Crippen molar-refractivity contribution in [1.29, 1.82) is 0 Å². The normalized spacial score (nSPS) is 10.4. The molecule has 1 heterocycles. The van der Waals surface area contributed by atoms with Gasteiger partial charge in [-0.15, -0.1) is 5.10 Å². The van der Waals surface area contributed by atoms with Gasteiger partial charge in [-0.25, -0.2) is 4.68 Å². The molecule has 1 aromatic heterocycles. The van der Waals surface area contributed by atoms with Crippen LogP contribution < -0.4 is 5.32 Å². The number of amides is 1. The molecule has 0 aliphatic heterocycles. The minimum Gasteiger partial charge on any atom is -0.325 e. The van der Waals surface area contributed by atoms with Gasteiger partial charge in [-0.05, 0) is 42.0 Å². The number of anilines is 1. The number of nitrogens with zero attached hydrogens (tertiary/aromatic N) is 4. The summed E-state index contributed by atoms with van der Waals surface area (Å²) in [4.78, 5) is 11.8. The fourth-order valence-corrected chi connectivity index (χ4v) is 2.29. The van der Waals surface area contributed by atoms with Gasteiger partial charge in [0.05, 0.1) is 5.75 Å². The smallest absolute Gasteiger partial charge is 0.234 e. The van der Waals surface area contributed by atoms with E-state index in [1.807, 2.05) is 38.1 Å². The Morgan fingerprint density at radius 2 is 2.32 bits per heavy atom. The Kier molecular flexibility index (Phi) is 4.51. The molecule has 0 atom stereocenters. The predicted molar refractivity (Wildman–Crippen MR) is 74.0 cm³/mol. The van der Waals surface area contributed by atoms with Gasteiger partial charge in [-0.3, -0.25) is 4.79 Å². The van der Waals surface area contributed by atoms with Crippen LogP contribution in [0, 0.1) is 6.92 Å². The van der Waals surface area contributed by atoms with Gasteiger partial charge in [0.15, 0.2) is 0 Å². The summed E-state index contributed by atoms with van der Waals surface area (Å²) in [6.07, 6.45) is 0. The lowest BCUT2D eigenvalue weighted by molar-refractivity contribution is -0.113. The highest BCUT2D eigenvalue weighted by Crippen LogP contribution is 2.15. The number of aromatic nitrogens is 4. The molecule has 0 saturated heterocycles. The summed E-state index contributed by atoms with van der Waals surface area (Å²) < 4.78 is 1.66. The Morgan fingerprint density at radius 3 is 3.05 bits per heavy atom. The van der Waals surface area contributed by atoms with Gasteiger partial charge in [-0.2, -0.15) is 0 Å². The van der Waals surface area contributed by atoms with E-state index in [0.717, 1.165) is 11.3 Å². The second-order valence-electron chi connectivity index (χ2n) is 3.98. The summed E-state index contributed by atoms with van der Waals surface area (Å²) in [6.45, 7) is 4.63. The summed E-state index contributed by atoms with van der Waals surface area (Å²) in [5.74, 6) is 0.218. The highest BCUT2D eigenvalue weighted by Gasteiger charge is 2.09. The zero-order chi connectivity index (χ0) is 13.7. The Balaban J connectivity index is 1.88. The number of benzene rings is 1. The molecule has 0 bridgehead atoms. The lowest BCUT2D eigenvalue weighted by Crippen LogP contribution is -2.14. The van der Waals surface area contributed by atoms with Crippen molar-refractivity contribution in [3.05, 3.63) is 29.8 Å². The average molecular weight is 277 g/mol. The summed E-state index contributed by atoms with van der Waals surface area (Å²) >= 11 is 1.32. The number of nitrogens with one attached hydrogen (secondary N) is 1. The largest absolute Gasteiger partial charge is 0.325 e. The summed E-state index contributed by atoms with van der Waals surface area (Å²) in [7, 11) is 0. The van der Waals surface area contributed by atoms with Gasteiger partial charge >= 0.3 is 0 Å². The molecule has 100 valence electrons. The number of carbonyl (C=O) groups excluding carboxylic acids is 1. The maximum Gasteiger partial charge on any atom is 0.234 e. The van der Waals surface area contributed by atoms with Crippen LogP contribution in [0.2, 0.25) is 0 Å². The van der Waals surface area contributed by atoms with E-state index in [0.29, 0.717) is 11.7 Å². The molecule has 0 spiro atoms. The highest BCUT2D eigenvalue weighted by atomic mass is 32.2. The second kappa shape index (κ2) is 6.33. The number of thioether (sulfide) groups is 1. The van der Waals surface area contributed by atoms with Crippen LogP contribution in [0.25, 0.3) is 0 Å². The topological polar surface area (TPSA) is 72.7 Å². The molecule has 1 N–H and O–H groups in total. The van der Waals surface area contributed by atoms with Crippen LogP contribution in [0.1, 0.15) is 12.5 Å². The quantitative estimate of drug-likeness (QED) is 0.843. The van der Waals surface area contributed by atoms with E-state index in [-0.39, 0.29) is 11.7 Å². The highest BCUT2D eigenvalue weighted by molar-refractivity contribution is 7.99. The fraction of sp³-hybridized carbons (Fsp3) is 0.333. The molecule has 2 aromatic rings. The van der Waals surface area contributed by atoms with Gasteiger partial charge < -0.3 is 5.32 Å². The molecule has 0 aliphatic carbocycles. The zero-order valence-corrected chi connectivity index (χ0v) is 11.6. The van der Waals surface area contributed by atoms with Crippen LogP contribution in [-0.2, 0) is 11.3 Å². The lowest BCUT2D eigenvalue weighted by Gasteiger charge is -2.05. The first-order valence-electron chi connectivity index (χ1n) is 5.94. The average Bonchev–Trinajstić information content (AvgIpc) is 2.83. The molecule has 7 heteroatoms. The van der Waals surface area contributed by atoms with Gasteiger partial charge in [0.2, 0.25) is 11.1 Å². The first-order chi connectivity index (χ1) is 9.19. The molecular weight excluding hydrogens is 262 g/mol. The minimum atomic E-state index is -0.0683. The summed E-state index contributed by atoms with van der Waals surface area (Å²) in [6, 6.07) is 7.69. The molecule has 1 amide bonds. The third kappa shape index (κ3) is 3.78. The molecule has 19 heavy (non-hydrogen) atoms. The van der Waals surface area contributed by atoms with Crippen molar-refractivity contribution >= 4 is 23.4 Å². The van der Waals surface area contributed by atoms with Crippen molar-refractivity contribution in [2.75, 3.05) is 11.1 Å². The number of rotatable bonds is 5. The van der Waals surface area contributed by atoms with E-state index in [2.05, 4.69) is 20.8 Å². The molecule has 0 radical (unpaired) electrons. The lowest BCUT2D eigenvalue weighted by atomic mass is 10.2. The zero-order valence-electron chi connectivity index (χ0n) is 10.8. The van der Waals surface area contributed by atoms with Crippen molar-refractivity contribution in [3.8, 4) is 0 Å². The fourth-order valence-electron chi connectivity index (χ4n) is 1.55. The molecule has 0 saturated carbocycles. The first-order valence-corrected chi connectivity index (χ1v) is 6.93. The van der Waals surface area contributed by atoms with Crippen LogP contribution >= 0.6 is 11.8 Å². The Hall–Kier alpha value is -1.89. The molecule has 0 aliphatic rings. The van der Waals surface area contributed by atoms with E-state index < -0.39 is 0 Å². The van der Waals surface area contributed by atoms with Crippen molar-refractivity contribution in [2.45, 2.75) is 25.5 Å². The van der Waals surface area contributed by atoms with Crippen molar-refractivity contribution in [3.63, 3.8) is 0 Å². The van der Waals surface area contributed by atoms with Crippen LogP contribution in [0.4, 0.5) is 5.69 Å². The van der Waals surface area contributed by atoms with Crippen LogP contribution in [0.5, 0.6) is 0 Å². The van der Waals surface area contributed by atoms with E-state index in [9.17, 15) is 4.79 Å². The third-order valence-corrected chi connectivity index (χ3v) is 3.39. The Labute approximate surface area is 115 Å². The Bertz CT molecular complexity index is 569. The first kappa shape index (κ1) is 13.5. The molecule has 0 fully saturated rings. The number of hydrogen-bond donors (Lipinski definition) is 1. The number of tetrazole rings is 1. The van der Waals surface area contributed by atoms with Crippen molar-refractivity contribution in [1.82, 2.24) is 20.2 Å². The van der Waals surface area contributed by atoms with E-state index in [1.165, 1.54) is 11.8 Å².